The Labute approximate surface area is 182 Å². The quantitative estimate of drug-likeness (QED) is 0.376. The van der Waals surface area contributed by atoms with Crippen LogP contribution in [0.25, 0.3) is 0 Å². The molecule has 1 aliphatic rings. The first kappa shape index (κ1) is 34.7. The third-order valence-corrected chi connectivity index (χ3v) is 4.89. The van der Waals surface area contributed by atoms with Crippen molar-refractivity contribution < 1.29 is 0 Å². The number of allylic oxidation sites excluding steroid dienone is 5. The zero-order chi connectivity index (χ0) is 23.2. The second-order valence-corrected chi connectivity index (χ2v) is 8.35. The molecule has 28 heavy (non-hydrogen) atoms. The van der Waals surface area contributed by atoms with Crippen molar-refractivity contribution in [3.63, 3.8) is 0 Å². The zero-order valence-electron chi connectivity index (χ0n) is 22.3. The topological polar surface area (TPSA) is 0 Å². The van der Waals surface area contributed by atoms with E-state index in [1.54, 1.807) is 5.57 Å². The average molecular weight is 395 g/mol. The smallest absolute Gasteiger partial charge is 0.0234 e. The van der Waals surface area contributed by atoms with Gasteiger partial charge in [-0.3, -0.25) is 0 Å². The molecule has 0 nitrogen and oxygen atoms in total. The first-order valence-corrected chi connectivity index (χ1v) is 12.0. The lowest BCUT2D eigenvalue weighted by Crippen LogP contribution is -2.14. The average Bonchev–Trinajstić information content (AvgIpc) is 3.52. The highest BCUT2D eigenvalue weighted by Gasteiger charge is 2.29. The molecule has 1 rings (SSSR count). The maximum absolute atomic E-state index is 3.48. The van der Waals surface area contributed by atoms with E-state index in [4.69, 9.17) is 0 Å². The van der Waals surface area contributed by atoms with Crippen LogP contribution >= 0.6 is 0 Å². The molecule has 1 aliphatic carbocycles. The van der Waals surface area contributed by atoms with Crippen LogP contribution in [0.3, 0.4) is 0 Å². The van der Waals surface area contributed by atoms with E-state index < -0.39 is 0 Å². The van der Waals surface area contributed by atoms with Crippen molar-refractivity contribution in [1.29, 1.82) is 0 Å². The third kappa shape index (κ3) is 30.0. The van der Waals surface area contributed by atoms with E-state index >= 15 is 0 Å². The summed E-state index contributed by atoms with van der Waals surface area (Å²) in [5, 5.41) is 0. The Bertz CT molecular complexity index is 359. The van der Waals surface area contributed by atoms with Crippen LogP contribution < -0.4 is 0 Å². The van der Waals surface area contributed by atoms with Crippen molar-refractivity contribution in [1.82, 2.24) is 0 Å². The van der Waals surface area contributed by atoms with Crippen molar-refractivity contribution in [2.24, 2.45) is 17.3 Å². The Morgan fingerprint density at radius 1 is 1.00 bits per heavy atom. The first-order chi connectivity index (χ1) is 13.1. The molecule has 0 heterocycles. The molecule has 0 saturated heterocycles. The lowest BCUT2D eigenvalue weighted by atomic mass is 9.79. The summed E-state index contributed by atoms with van der Waals surface area (Å²) in [5.74, 6) is 1.84. The van der Waals surface area contributed by atoms with Crippen LogP contribution in [0.5, 0.6) is 0 Å². The summed E-state index contributed by atoms with van der Waals surface area (Å²) in [7, 11) is 0. The van der Waals surface area contributed by atoms with Crippen molar-refractivity contribution in [2.75, 3.05) is 0 Å². The van der Waals surface area contributed by atoms with E-state index in [9.17, 15) is 0 Å². The minimum absolute atomic E-state index is 0.573. The predicted molar refractivity (Wildman–Crippen MR) is 137 cm³/mol. The standard InChI is InChI=1S/C15H28.C5H10.C4H8.2C2H6/c1-6-12(2)13(3)9-10-15(4,5)11-14-7-8-14;1-4-5(2)3;1-3-4-2;2*1-2/h6,13-14H,7-11H2,1-5H3;4H,1-3H3;3H,1,4H2,2H3;2*1-2H3. The Kier molecular flexibility index (Phi) is 30.1. The fourth-order valence-corrected chi connectivity index (χ4v) is 2.32. The van der Waals surface area contributed by atoms with Gasteiger partial charge in [0, 0.05) is 0 Å². The maximum Gasteiger partial charge on any atom is -0.0234 e. The molecule has 1 saturated carbocycles. The summed E-state index contributed by atoms with van der Waals surface area (Å²) in [4.78, 5) is 0. The van der Waals surface area contributed by atoms with Gasteiger partial charge in [-0.05, 0) is 77.6 Å². The lowest BCUT2D eigenvalue weighted by molar-refractivity contribution is 0.270. The Morgan fingerprint density at radius 3 is 1.64 bits per heavy atom. The van der Waals surface area contributed by atoms with Gasteiger partial charge in [0.1, 0.15) is 0 Å². The van der Waals surface area contributed by atoms with Gasteiger partial charge in [0.15, 0.2) is 0 Å². The second-order valence-electron chi connectivity index (χ2n) is 8.35. The molecule has 0 spiro atoms. The first-order valence-electron chi connectivity index (χ1n) is 12.0. The van der Waals surface area contributed by atoms with Crippen LogP contribution in [0.15, 0.2) is 36.0 Å². The molecule has 0 aromatic heterocycles. The molecule has 170 valence electrons. The normalized spacial score (nSPS) is 13.5. The lowest BCUT2D eigenvalue weighted by Gasteiger charge is -2.26. The number of hydrogen-bond acceptors (Lipinski definition) is 0. The van der Waals surface area contributed by atoms with Gasteiger partial charge in [-0.1, -0.05) is 97.6 Å². The zero-order valence-corrected chi connectivity index (χ0v) is 22.3. The van der Waals surface area contributed by atoms with Gasteiger partial charge in [-0.15, -0.1) is 6.58 Å². The van der Waals surface area contributed by atoms with Crippen LogP contribution in [0.4, 0.5) is 0 Å². The maximum atomic E-state index is 3.48. The largest absolute Gasteiger partial charge is 0.103 e. The van der Waals surface area contributed by atoms with E-state index in [0.29, 0.717) is 5.41 Å². The van der Waals surface area contributed by atoms with Crippen LogP contribution in [0.1, 0.15) is 129 Å². The highest BCUT2D eigenvalue weighted by molar-refractivity contribution is 5.00. The van der Waals surface area contributed by atoms with Crippen LogP contribution in [0, 0.1) is 17.3 Å². The van der Waals surface area contributed by atoms with E-state index in [-0.39, 0.29) is 0 Å². The molecule has 0 heteroatoms. The predicted octanol–water partition coefficient (Wildman–Crippen LogP) is 10.8. The van der Waals surface area contributed by atoms with E-state index in [1.807, 2.05) is 40.7 Å². The summed E-state index contributed by atoms with van der Waals surface area (Å²) in [6.45, 7) is 31.4. The van der Waals surface area contributed by atoms with Gasteiger partial charge in [0.05, 0.1) is 0 Å². The monoisotopic (exact) mass is 394 g/mol. The van der Waals surface area contributed by atoms with Crippen molar-refractivity contribution >= 4 is 0 Å². The summed E-state index contributed by atoms with van der Waals surface area (Å²) < 4.78 is 0. The van der Waals surface area contributed by atoms with Gasteiger partial charge >= 0.3 is 0 Å². The number of hydrogen-bond donors (Lipinski definition) is 0. The summed E-state index contributed by atoms with van der Waals surface area (Å²) in [5.41, 5.74) is 3.51. The number of rotatable bonds is 7. The van der Waals surface area contributed by atoms with E-state index in [0.717, 1.165) is 18.3 Å². The highest BCUT2D eigenvalue weighted by Crippen LogP contribution is 2.42. The van der Waals surface area contributed by atoms with E-state index in [2.05, 4.69) is 74.1 Å². The van der Waals surface area contributed by atoms with Gasteiger partial charge in [-0.2, -0.15) is 0 Å². The Hall–Kier alpha value is -0.780. The van der Waals surface area contributed by atoms with Gasteiger partial charge < -0.3 is 0 Å². The SMILES string of the molecule is C=CCC.CC.CC.CC=C(C)C.CC=C(C)C(C)CCC(C)(C)CC1CC1. The second kappa shape index (κ2) is 24.3. The summed E-state index contributed by atoms with van der Waals surface area (Å²) in [6, 6.07) is 0. The van der Waals surface area contributed by atoms with Crippen LogP contribution in [-0.4, -0.2) is 0 Å². The minimum Gasteiger partial charge on any atom is -0.103 e. The molecular formula is C28H58. The van der Waals surface area contributed by atoms with Crippen molar-refractivity contribution in [3.05, 3.63) is 36.0 Å². The molecule has 0 radical (unpaired) electrons. The molecule has 1 unspecified atom stereocenters. The summed E-state index contributed by atoms with van der Waals surface area (Å²) >= 11 is 0. The third-order valence-electron chi connectivity index (χ3n) is 4.89. The molecule has 0 aliphatic heterocycles. The fourth-order valence-electron chi connectivity index (χ4n) is 2.32. The molecule has 1 atom stereocenters. The molecule has 0 aromatic rings. The van der Waals surface area contributed by atoms with Gasteiger partial charge in [0.2, 0.25) is 0 Å². The fraction of sp³-hybridized carbons (Fsp3) is 0.786. The molecule has 0 bridgehead atoms. The summed E-state index contributed by atoms with van der Waals surface area (Å²) in [6.07, 6.45) is 14.5. The van der Waals surface area contributed by atoms with Crippen LogP contribution in [-0.2, 0) is 0 Å². The van der Waals surface area contributed by atoms with E-state index in [1.165, 1.54) is 37.7 Å². The Morgan fingerprint density at radius 2 is 1.39 bits per heavy atom. The molecule has 0 amide bonds. The van der Waals surface area contributed by atoms with Crippen molar-refractivity contribution in [3.8, 4) is 0 Å². The highest BCUT2D eigenvalue weighted by atomic mass is 14.4. The van der Waals surface area contributed by atoms with Gasteiger partial charge in [0.25, 0.3) is 0 Å². The van der Waals surface area contributed by atoms with Gasteiger partial charge in [-0.25, -0.2) is 0 Å². The molecular weight excluding hydrogens is 336 g/mol. The molecule has 0 aromatic carbocycles. The van der Waals surface area contributed by atoms with Crippen molar-refractivity contribution in [2.45, 2.75) is 129 Å². The molecule has 1 fully saturated rings. The minimum atomic E-state index is 0.573. The van der Waals surface area contributed by atoms with Crippen LogP contribution in [0.2, 0.25) is 0 Å². The molecule has 0 N–H and O–H groups in total. The Balaban J connectivity index is -0.000000184.